The quantitative estimate of drug-likeness (QED) is 0.809. The Kier molecular flexibility index (Phi) is 3.60. The molecule has 0 N–H and O–H groups in total. The van der Waals surface area contributed by atoms with Crippen molar-refractivity contribution in [3.8, 4) is 0 Å². The van der Waals surface area contributed by atoms with Gasteiger partial charge in [0.05, 0.1) is 5.56 Å². The van der Waals surface area contributed by atoms with Gasteiger partial charge < -0.3 is 4.90 Å². The highest BCUT2D eigenvalue weighted by atomic mass is 19.2. The minimum Gasteiger partial charge on any atom is -0.311 e. The van der Waals surface area contributed by atoms with E-state index in [1.54, 1.807) is 12.1 Å². The molecule has 0 aliphatic heterocycles. The molecule has 0 heterocycles. The summed E-state index contributed by atoms with van der Waals surface area (Å²) in [5.74, 6) is -2.72. The van der Waals surface area contributed by atoms with Crippen molar-refractivity contribution in [1.82, 2.24) is 0 Å². The van der Waals surface area contributed by atoms with Crippen LogP contribution in [0, 0.1) is 18.6 Å². The van der Waals surface area contributed by atoms with E-state index in [1.807, 2.05) is 19.1 Å². The first kappa shape index (κ1) is 13.2. The standard InChI is InChI=1S/C15H13F2NO/c1-10-6-3-4-9-13(10)18(2)15(19)11-7-5-8-12(16)14(11)17/h3-9H,1-2H3. The SMILES string of the molecule is Cc1ccccc1N(C)C(=O)c1cccc(F)c1F. The van der Waals surface area contributed by atoms with Crippen molar-refractivity contribution >= 4 is 11.6 Å². The van der Waals surface area contributed by atoms with Crippen molar-refractivity contribution in [2.45, 2.75) is 6.92 Å². The average molecular weight is 261 g/mol. The van der Waals surface area contributed by atoms with E-state index in [1.165, 1.54) is 24.1 Å². The molecule has 0 fully saturated rings. The van der Waals surface area contributed by atoms with Crippen molar-refractivity contribution in [2.75, 3.05) is 11.9 Å². The summed E-state index contributed by atoms with van der Waals surface area (Å²) in [5, 5.41) is 0. The maximum atomic E-state index is 13.6. The topological polar surface area (TPSA) is 20.3 Å². The Morgan fingerprint density at radius 2 is 1.74 bits per heavy atom. The third-order valence-electron chi connectivity index (χ3n) is 2.96. The van der Waals surface area contributed by atoms with Crippen LogP contribution in [0.1, 0.15) is 15.9 Å². The molecule has 0 atom stereocenters. The summed E-state index contributed by atoms with van der Waals surface area (Å²) in [6, 6.07) is 10.8. The van der Waals surface area contributed by atoms with E-state index < -0.39 is 17.5 Å². The minimum absolute atomic E-state index is 0.272. The Bertz CT molecular complexity index is 625. The van der Waals surface area contributed by atoms with Gasteiger partial charge in [0.1, 0.15) is 0 Å². The lowest BCUT2D eigenvalue weighted by Gasteiger charge is -2.19. The number of halogens is 2. The van der Waals surface area contributed by atoms with Gasteiger partial charge in [-0.05, 0) is 30.7 Å². The fourth-order valence-electron chi connectivity index (χ4n) is 1.90. The molecular weight excluding hydrogens is 248 g/mol. The van der Waals surface area contributed by atoms with Gasteiger partial charge in [0, 0.05) is 12.7 Å². The summed E-state index contributed by atoms with van der Waals surface area (Å²) in [6.07, 6.45) is 0. The van der Waals surface area contributed by atoms with Gasteiger partial charge in [0.25, 0.3) is 5.91 Å². The molecule has 0 spiro atoms. The lowest BCUT2D eigenvalue weighted by molar-refractivity contribution is 0.0988. The zero-order chi connectivity index (χ0) is 14.0. The Morgan fingerprint density at radius 3 is 2.42 bits per heavy atom. The van der Waals surface area contributed by atoms with Gasteiger partial charge in [-0.1, -0.05) is 24.3 Å². The third kappa shape index (κ3) is 2.47. The lowest BCUT2D eigenvalue weighted by Crippen LogP contribution is -2.28. The number of carbonyl (C=O) groups excluding carboxylic acids is 1. The Balaban J connectivity index is 2.40. The van der Waals surface area contributed by atoms with E-state index in [4.69, 9.17) is 0 Å². The van der Waals surface area contributed by atoms with E-state index in [2.05, 4.69) is 0 Å². The number of nitrogens with zero attached hydrogens (tertiary/aromatic N) is 1. The molecule has 0 radical (unpaired) electrons. The number of para-hydroxylation sites is 1. The molecule has 19 heavy (non-hydrogen) atoms. The van der Waals surface area contributed by atoms with Crippen molar-refractivity contribution in [1.29, 1.82) is 0 Å². The molecule has 0 saturated carbocycles. The summed E-state index contributed by atoms with van der Waals surface area (Å²) in [7, 11) is 1.54. The van der Waals surface area contributed by atoms with Crippen molar-refractivity contribution in [2.24, 2.45) is 0 Å². The number of benzene rings is 2. The zero-order valence-corrected chi connectivity index (χ0v) is 10.7. The van der Waals surface area contributed by atoms with Crippen LogP contribution in [0.2, 0.25) is 0 Å². The molecule has 2 rings (SSSR count). The van der Waals surface area contributed by atoms with Crippen molar-refractivity contribution in [3.63, 3.8) is 0 Å². The van der Waals surface area contributed by atoms with E-state index in [0.717, 1.165) is 11.6 Å². The molecule has 4 heteroatoms. The molecule has 0 bridgehead atoms. The minimum atomic E-state index is -1.12. The first-order chi connectivity index (χ1) is 9.02. The second kappa shape index (κ2) is 5.18. The normalized spacial score (nSPS) is 10.3. The van der Waals surface area contributed by atoms with E-state index in [-0.39, 0.29) is 5.56 Å². The molecular formula is C15H13F2NO. The van der Waals surface area contributed by atoms with Crippen LogP contribution in [0.25, 0.3) is 0 Å². The smallest absolute Gasteiger partial charge is 0.261 e. The average Bonchev–Trinajstić information content (AvgIpc) is 2.41. The van der Waals surface area contributed by atoms with E-state index >= 15 is 0 Å². The fourth-order valence-corrected chi connectivity index (χ4v) is 1.90. The number of hydrogen-bond acceptors (Lipinski definition) is 1. The van der Waals surface area contributed by atoms with Gasteiger partial charge in [0.2, 0.25) is 0 Å². The van der Waals surface area contributed by atoms with Crippen LogP contribution >= 0.6 is 0 Å². The third-order valence-corrected chi connectivity index (χ3v) is 2.96. The zero-order valence-electron chi connectivity index (χ0n) is 10.7. The summed E-state index contributed by atoms with van der Waals surface area (Å²) < 4.78 is 26.7. The van der Waals surface area contributed by atoms with E-state index in [0.29, 0.717) is 5.69 Å². The first-order valence-corrected chi connectivity index (χ1v) is 5.80. The molecule has 0 aliphatic carbocycles. The number of anilines is 1. The van der Waals surface area contributed by atoms with Gasteiger partial charge in [-0.25, -0.2) is 8.78 Å². The number of carbonyl (C=O) groups is 1. The molecule has 2 nitrogen and oxygen atoms in total. The van der Waals surface area contributed by atoms with Crippen LogP contribution < -0.4 is 4.90 Å². The summed E-state index contributed by atoms with van der Waals surface area (Å²) >= 11 is 0. The van der Waals surface area contributed by atoms with Crippen molar-refractivity contribution in [3.05, 3.63) is 65.2 Å². The largest absolute Gasteiger partial charge is 0.311 e. The molecule has 2 aromatic rings. The van der Waals surface area contributed by atoms with Crippen LogP contribution in [0.4, 0.5) is 14.5 Å². The molecule has 0 unspecified atom stereocenters. The molecule has 98 valence electrons. The number of amides is 1. The summed E-state index contributed by atoms with van der Waals surface area (Å²) in [5.41, 5.74) is 1.28. The van der Waals surface area contributed by atoms with Gasteiger partial charge >= 0.3 is 0 Å². The van der Waals surface area contributed by atoms with Crippen LogP contribution in [-0.4, -0.2) is 13.0 Å². The first-order valence-electron chi connectivity index (χ1n) is 5.80. The highest BCUT2D eigenvalue weighted by molar-refractivity contribution is 6.06. The van der Waals surface area contributed by atoms with Crippen LogP contribution in [0.5, 0.6) is 0 Å². The summed E-state index contributed by atoms with van der Waals surface area (Å²) in [4.78, 5) is 13.5. The lowest BCUT2D eigenvalue weighted by atomic mass is 10.1. The van der Waals surface area contributed by atoms with Gasteiger partial charge in [-0.3, -0.25) is 4.79 Å². The Morgan fingerprint density at radius 1 is 1.05 bits per heavy atom. The summed E-state index contributed by atoms with van der Waals surface area (Å²) in [6.45, 7) is 1.85. The number of aryl methyl sites for hydroxylation is 1. The number of hydrogen-bond donors (Lipinski definition) is 0. The molecule has 0 aromatic heterocycles. The monoisotopic (exact) mass is 261 g/mol. The highest BCUT2D eigenvalue weighted by Gasteiger charge is 2.20. The second-order valence-electron chi connectivity index (χ2n) is 4.25. The van der Waals surface area contributed by atoms with Gasteiger partial charge in [-0.15, -0.1) is 0 Å². The van der Waals surface area contributed by atoms with E-state index in [9.17, 15) is 13.6 Å². The number of rotatable bonds is 2. The fraction of sp³-hybridized carbons (Fsp3) is 0.133. The molecule has 1 amide bonds. The predicted molar refractivity (Wildman–Crippen MR) is 70.3 cm³/mol. The van der Waals surface area contributed by atoms with Gasteiger partial charge in [-0.2, -0.15) is 0 Å². The maximum absolute atomic E-state index is 13.6. The van der Waals surface area contributed by atoms with Crippen LogP contribution in [-0.2, 0) is 0 Å². The van der Waals surface area contributed by atoms with Crippen LogP contribution in [0.3, 0.4) is 0 Å². The maximum Gasteiger partial charge on any atom is 0.261 e. The highest BCUT2D eigenvalue weighted by Crippen LogP contribution is 2.21. The molecule has 0 saturated heterocycles. The van der Waals surface area contributed by atoms with Crippen molar-refractivity contribution < 1.29 is 13.6 Å². The second-order valence-corrected chi connectivity index (χ2v) is 4.25. The predicted octanol–water partition coefficient (Wildman–Crippen LogP) is 3.55. The molecule has 0 aliphatic rings. The van der Waals surface area contributed by atoms with Gasteiger partial charge in [0.15, 0.2) is 11.6 Å². The van der Waals surface area contributed by atoms with Crippen LogP contribution in [0.15, 0.2) is 42.5 Å². The Hall–Kier alpha value is -2.23. The molecule has 2 aromatic carbocycles. The Labute approximate surface area is 110 Å².